The molecule has 0 fully saturated rings. The Balaban J connectivity index is 1.34. The molecule has 29 heavy (non-hydrogen) atoms. The normalized spacial score (nSPS) is 10.4. The van der Waals surface area contributed by atoms with Gasteiger partial charge in [0.2, 0.25) is 11.8 Å². The first kappa shape index (κ1) is 20.5. The molecule has 8 heteroatoms. The fourth-order valence-electron chi connectivity index (χ4n) is 2.43. The summed E-state index contributed by atoms with van der Waals surface area (Å²) < 4.78 is 18.4. The van der Waals surface area contributed by atoms with Crippen molar-refractivity contribution < 1.29 is 18.7 Å². The Morgan fingerprint density at radius 3 is 2.59 bits per heavy atom. The summed E-state index contributed by atoms with van der Waals surface area (Å²) in [5, 5.41) is 7.45. The molecule has 2 N–H and O–H groups in total. The molecule has 2 aromatic heterocycles. The Labute approximate surface area is 171 Å². The zero-order chi connectivity index (χ0) is 20.5. The average Bonchev–Trinajstić information content (AvgIpc) is 3.27. The van der Waals surface area contributed by atoms with Crippen molar-refractivity contribution in [2.75, 3.05) is 6.54 Å². The maximum absolute atomic E-state index is 12.9. The summed E-state index contributed by atoms with van der Waals surface area (Å²) in [6.45, 7) is 0.797. The maximum Gasteiger partial charge on any atom is 0.261 e. The number of aromatic nitrogens is 1. The van der Waals surface area contributed by atoms with Gasteiger partial charge in [-0.2, -0.15) is 0 Å². The highest BCUT2D eigenvalue weighted by Crippen LogP contribution is 2.19. The molecule has 0 saturated carbocycles. The van der Waals surface area contributed by atoms with Crippen LogP contribution in [0.25, 0.3) is 0 Å². The molecule has 0 aliphatic heterocycles. The van der Waals surface area contributed by atoms with Gasteiger partial charge in [-0.3, -0.25) is 9.59 Å². The topological polar surface area (TPSA) is 80.3 Å². The molecule has 2 heterocycles. The Hall–Kier alpha value is -3.26. The Morgan fingerprint density at radius 2 is 1.90 bits per heavy atom. The molecule has 0 saturated heterocycles. The number of hydrogen-bond donors (Lipinski definition) is 2. The van der Waals surface area contributed by atoms with Crippen LogP contribution in [0.2, 0.25) is 0 Å². The van der Waals surface area contributed by atoms with Crippen molar-refractivity contribution in [1.29, 1.82) is 0 Å². The minimum atomic E-state index is -0.332. The molecule has 0 radical (unpaired) electrons. The molecule has 0 bridgehead atoms. The molecule has 1 aromatic carbocycles. The molecule has 0 aliphatic rings. The van der Waals surface area contributed by atoms with E-state index in [0.29, 0.717) is 42.4 Å². The van der Waals surface area contributed by atoms with Crippen LogP contribution in [0, 0.1) is 5.82 Å². The Kier molecular flexibility index (Phi) is 7.29. The van der Waals surface area contributed by atoms with Crippen molar-refractivity contribution in [1.82, 2.24) is 15.6 Å². The van der Waals surface area contributed by atoms with E-state index in [9.17, 15) is 14.0 Å². The number of carbonyl (C=O) groups excluding carboxylic acids is 2. The third-order valence-electron chi connectivity index (χ3n) is 3.93. The van der Waals surface area contributed by atoms with Crippen molar-refractivity contribution >= 4 is 23.2 Å². The standard InChI is InChI=1S/C21H20FN3O3S/c22-16-6-8-17(9-7-16)28-20-10-5-15(14-25-20)13-24-19(26)4-1-11-23-21(27)18-3-2-12-29-18/h2-3,5-10,12,14H,1,4,11,13H2,(H,23,27)(H,24,26). The first-order valence-electron chi connectivity index (χ1n) is 9.07. The number of rotatable bonds is 9. The van der Waals surface area contributed by atoms with Crippen LogP contribution in [0.3, 0.4) is 0 Å². The molecule has 150 valence electrons. The van der Waals surface area contributed by atoms with Crippen LogP contribution in [0.15, 0.2) is 60.1 Å². The summed E-state index contributed by atoms with van der Waals surface area (Å²) in [7, 11) is 0. The highest BCUT2D eigenvalue weighted by molar-refractivity contribution is 7.12. The largest absolute Gasteiger partial charge is 0.439 e. The monoisotopic (exact) mass is 413 g/mol. The molecule has 3 rings (SSSR count). The van der Waals surface area contributed by atoms with Crippen LogP contribution in [0.5, 0.6) is 11.6 Å². The van der Waals surface area contributed by atoms with Crippen LogP contribution in [0.1, 0.15) is 28.1 Å². The quantitative estimate of drug-likeness (QED) is 0.522. The lowest BCUT2D eigenvalue weighted by Gasteiger charge is -2.08. The molecule has 0 unspecified atom stereocenters. The van der Waals surface area contributed by atoms with Crippen molar-refractivity contribution in [2.45, 2.75) is 19.4 Å². The lowest BCUT2D eigenvalue weighted by atomic mass is 10.2. The Morgan fingerprint density at radius 1 is 1.07 bits per heavy atom. The first-order valence-corrected chi connectivity index (χ1v) is 9.95. The fourth-order valence-corrected chi connectivity index (χ4v) is 3.07. The van der Waals surface area contributed by atoms with E-state index in [2.05, 4.69) is 15.6 Å². The zero-order valence-corrected chi connectivity index (χ0v) is 16.4. The van der Waals surface area contributed by atoms with Crippen molar-refractivity contribution in [3.63, 3.8) is 0 Å². The minimum absolute atomic E-state index is 0.0954. The first-order chi connectivity index (χ1) is 14.1. The summed E-state index contributed by atoms with van der Waals surface area (Å²) in [5.41, 5.74) is 0.829. The van der Waals surface area contributed by atoms with Gasteiger partial charge in [-0.05, 0) is 47.7 Å². The third kappa shape index (κ3) is 6.69. The van der Waals surface area contributed by atoms with Gasteiger partial charge in [0.1, 0.15) is 11.6 Å². The highest BCUT2D eigenvalue weighted by Gasteiger charge is 2.07. The second-order valence-electron chi connectivity index (χ2n) is 6.17. The number of amides is 2. The molecular formula is C21H20FN3O3S. The van der Waals surface area contributed by atoms with Gasteiger partial charge in [-0.1, -0.05) is 12.1 Å². The number of nitrogens with zero attached hydrogens (tertiary/aromatic N) is 1. The van der Waals surface area contributed by atoms with Crippen molar-refractivity contribution in [3.05, 3.63) is 76.4 Å². The number of carbonyl (C=O) groups is 2. The van der Waals surface area contributed by atoms with Gasteiger partial charge in [-0.15, -0.1) is 11.3 Å². The van der Waals surface area contributed by atoms with Gasteiger partial charge < -0.3 is 15.4 Å². The van der Waals surface area contributed by atoms with E-state index in [0.717, 1.165) is 5.56 Å². The van der Waals surface area contributed by atoms with E-state index in [1.165, 1.54) is 35.6 Å². The maximum atomic E-state index is 12.9. The van der Waals surface area contributed by atoms with Crippen LogP contribution >= 0.6 is 11.3 Å². The second kappa shape index (κ2) is 10.3. The van der Waals surface area contributed by atoms with Crippen molar-refractivity contribution in [3.8, 4) is 11.6 Å². The molecule has 3 aromatic rings. The van der Waals surface area contributed by atoms with Gasteiger partial charge in [0.05, 0.1) is 4.88 Å². The van der Waals surface area contributed by atoms with Crippen molar-refractivity contribution in [2.24, 2.45) is 0 Å². The number of pyridine rings is 1. The number of nitrogens with one attached hydrogen (secondary N) is 2. The fraction of sp³-hybridized carbons (Fsp3) is 0.190. The van der Waals surface area contributed by atoms with E-state index in [1.54, 1.807) is 24.4 Å². The molecule has 6 nitrogen and oxygen atoms in total. The zero-order valence-electron chi connectivity index (χ0n) is 15.6. The van der Waals surface area contributed by atoms with Crippen LogP contribution in [-0.4, -0.2) is 23.3 Å². The summed E-state index contributed by atoms with van der Waals surface area (Å²) in [6, 6.07) is 12.7. The van der Waals surface area contributed by atoms with Crippen LogP contribution < -0.4 is 15.4 Å². The van der Waals surface area contributed by atoms with Crippen LogP contribution in [0.4, 0.5) is 4.39 Å². The van der Waals surface area contributed by atoms with Gasteiger partial charge in [0, 0.05) is 31.8 Å². The summed E-state index contributed by atoms with van der Waals surface area (Å²) in [6.07, 6.45) is 2.50. The summed E-state index contributed by atoms with van der Waals surface area (Å²) in [4.78, 5) is 28.6. The van der Waals surface area contributed by atoms with E-state index in [4.69, 9.17) is 4.74 Å². The van der Waals surface area contributed by atoms with E-state index in [1.807, 2.05) is 11.4 Å². The SMILES string of the molecule is O=C(CCCNC(=O)c1cccs1)NCc1ccc(Oc2ccc(F)cc2)nc1. The minimum Gasteiger partial charge on any atom is -0.439 e. The van der Waals surface area contributed by atoms with Gasteiger partial charge in [0.25, 0.3) is 5.91 Å². The highest BCUT2D eigenvalue weighted by atomic mass is 32.1. The average molecular weight is 413 g/mol. The molecule has 0 aliphatic carbocycles. The predicted octanol–water partition coefficient (Wildman–Crippen LogP) is 3.90. The molecular weight excluding hydrogens is 393 g/mol. The number of ether oxygens (including phenoxy) is 1. The third-order valence-corrected chi connectivity index (χ3v) is 4.80. The van der Waals surface area contributed by atoms with Gasteiger partial charge in [-0.25, -0.2) is 9.37 Å². The second-order valence-corrected chi connectivity index (χ2v) is 7.12. The van der Waals surface area contributed by atoms with E-state index >= 15 is 0 Å². The Bertz CT molecular complexity index is 929. The summed E-state index contributed by atoms with van der Waals surface area (Å²) >= 11 is 1.38. The number of halogens is 1. The number of hydrogen-bond acceptors (Lipinski definition) is 5. The summed E-state index contributed by atoms with van der Waals surface area (Å²) in [5.74, 6) is 0.331. The molecule has 2 amide bonds. The number of benzene rings is 1. The van der Waals surface area contributed by atoms with E-state index in [-0.39, 0.29) is 17.6 Å². The molecule has 0 atom stereocenters. The number of thiophene rings is 1. The molecule has 0 spiro atoms. The van der Waals surface area contributed by atoms with Gasteiger partial charge >= 0.3 is 0 Å². The predicted molar refractivity (Wildman–Crippen MR) is 108 cm³/mol. The smallest absolute Gasteiger partial charge is 0.261 e. The lowest BCUT2D eigenvalue weighted by molar-refractivity contribution is -0.121. The van der Waals surface area contributed by atoms with E-state index < -0.39 is 0 Å². The van der Waals surface area contributed by atoms with Crippen LogP contribution in [-0.2, 0) is 11.3 Å². The lowest BCUT2D eigenvalue weighted by Crippen LogP contribution is -2.26. The van der Waals surface area contributed by atoms with Gasteiger partial charge in [0.15, 0.2) is 0 Å².